The van der Waals surface area contributed by atoms with Crippen LogP contribution in [-0.4, -0.2) is 94.6 Å². The minimum Gasteiger partial charge on any atom is -0.444 e. The van der Waals surface area contributed by atoms with Gasteiger partial charge in [-0.05, 0) is 54.1 Å². The number of rotatable bonds is 13. The number of hydrogen-bond donors (Lipinski definition) is 4. The molecule has 14 nitrogen and oxygen atoms in total. The minimum absolute atomic E-state index is 0.0381. The first kappa shape index (κ1) is 38.7. The number of ketones is 2. The van der Waals surface area contributed by atoms with Crippen molar-refractivity contribution >= 4 is 41.4 Å². The molecule has 1 aromatic carbocycles. The van der Waals surface area contributed by atoms with E-state index in [9.17, 15) is 33.6 Å². The van der Waals surface area contributed by atoms with Crippen molar-refractivity contribution in [2.75, 3.05) is 13.1 Å². The van der Waals surface area contributed by atoms with Crippen LogP contribution in [0.4, 0.5) is 9.59 Å². The maximum absolute atomic E-state index is 14.5. The topological polar surface area (TPSA) is 197 Å². The third kappa shape index (κ3) is 9.29. The van der Waals surface area contributed by atoms with Crippen molar-refractivity contribution in [2.45, 2.75) is 123 Å². The summed E-state index contributed by atoms with van der Waals surface area (Å²) in [6.07, 6.45) is 3.65. The first-order valence-electron chi connectivity index (χ1n) is 18.6. The SMILES string of the molecule is CC(C)[C@H](NC(=O)N[C@H](C(=O)N1C[C@H](OC(=O)N2CCc3ccccc3C2)C[C@H]1C(=O)NC(CC1CCC1)C(=O)C(N)=O)C(C)(C)C)C(=O)C1CC1. The van der Waals surface area contributed by atoms with E-state index in [0.717, 1.165) is 43.2 Å². The average molecular weight is 723 g/mol. The number of primary amides is 1. The largest absolute Gasteiger partial charge is 0.444 e. The second-order valence-corrected chi connectivity index (χ2v) is 16.3. The van der Waals surface area contributed by atoms with Crippen molar-refractivity contribution < 1.29 is 38.3 Å². The van der Waals surface area contributed by atoms with Gasteiger partial charge in [0, 0.05) is 25.4 Å². The number of nitrogens with two attached hydrogens (primary N) is 1. The lowest BCUT2D eigenvalue weighted by molar-refractivity contribution is -0.143. The minimum atomic E-state index is -1.19. The average Bonchev–Trinajstić information content (AvgIpc) is 3.84. The van der Waals surface area contributed by atoms with Gasteiger partial charge >= 0.3 is 12.1 Å². The van der Waals surface area contributed by atoms with Crippen LogP contribution < -0.4 is 21.7 Å². The molecule has 1 saturated heterocycles. The fourth-order valence-corrected chi connectivity index (χ4v) is 7.29. The molecule has 4 aliphatic rings. The number of hydrogen-bond acceptors (Lipinski definition) is 8. The summed E-state index contributed by atoms with van der Waals surface area (Å²) in [5.41, 5.74) is 6.66. The number of carbonyl (C=O) groups excluding carboxylic acids is 7. The maximum atomic E-state index is 14.5. The Labute approximate surface area is 305 Å². The van der Waals surface area contributed by atoms with Crippen LogP contribution in [0.2, 0.25) is 0 Å². The molecule has 0 spiro atoms. The highest BCUT2D eigenvalue weighted by atomic mass is 16.6. The summed E-state index contributed by atoms with van der Waals surface area (Å²) in [5, 5.41) is 8.23. The Bertz CT molecular complexity index is 1560. The van der Waals surface area contributed by atoms with Gasteiger partial charge in [-0.15, -0.1) is 0 Å². The van der Waals surface area contributed by atoms with Gasteiger partial charge in [0.25, 0.3) is 5.91 Å². The van der Waals surface area contributed by atoms with Gasteiger partial charge in [-0.3, -0.25) is 24.0 Å². The molecule has 52 heavy (non-hydrogen) atoms. The molecule has 1 aromatic rings. The Hall–Kier alpha value is -4.49. The van der Waals surface area contributed by atoms with Crippen molar-refractivity contribution in [1.29, 1.82) is 0 Å². The summed E-state index contributed by atoms with van der Waals surface area (Å²) in [6.45, 7) is 9.64. The molecule has 14 heteroatoms. The lowest BCUT2D eigenvalue weighted by atomic mass is 9.80. The normalized spacial score (nSPS) is 22.0. The molecule has 2 saturated carbocycles. The number of likely N-dealkylation sites (tertiary alicyclic amines) is 1. The van der Waals surface area contributed by atoms with Crippen molar-refractivity contribution in [2.24, 2.45) is 28.9 Å². The highest BCUT2D eigenvalue weighted by molar-refractivity contribution is 6.37. The summed E-state index contributed by atoms with van der Waals surface area (Å²) in [5.74, 6) is -3.52. The molecule has 2 aliphatic carbocycles. The molecule has 284 valence electrons. The molecule has 1 unspecified atom stereocenters. The fraction of sp³-hybridized carbons (Fsp3) is 0.658. The Balaban J connectivity index is 1.35. The van der Waals surface area contributed by atoms with Gasteiger partial charge in [-0.1, -0.05) is 78.1 Å². The van der Waals surface area contributed by atoms with E-state index in [4.69, 9.17) is 10.5 Å². The second-order valence-electron chi connectivity index (χ2n) is 16.3. The molecule has 5 rings (SSSR count). The molecule has 3 fully saturated rings. The quantitative estimate of drug-likeness (QED) is 0.223. The molecule has 6 amide bonds. The van der Waals surface area contributed by atoms with E-state index >= 15 is 0 Å². The standard InChI is InChI=1S/C38H54N6O8/c1-21(2)29(30(45)24-13-14-24)41-36(50)42-32(38(3,4)5)35(49)44-20-26(52-37(51)43-16-15-23-11-6-7-12-25(23)19-43)18-28(44)34(48)40-27(31(46)33(39)47)17-22-9-8-10-22/h6-7,11-12,21-22,24,26-29,32H,8-10,13-20H2,1-5H3,(H2,39,47)(H,40,48)(H2,41,42,50)/t26-,27?,28+,29+,32-/m1/s1. The van der Waals surface area contributed by atoms with Gasteiger partial charge in [0.15, 0.2) is 5.78 Å². The highest BCUT2D eigenvalue weighted by Gasteiger charge is 2.48. The van der Waals surface area contributed by atoms with Crippen molar-refractivity contribution in [1.82, 2.24) is 25.8 Å². The molecule has 5 N–H and O–H groups in total. The zero-order valence-corrected chi connectivity index (χ0v) is 30.9. The summed E-state index contributed by atoms with van der Waals surface area (Å²) in [4.78, 5) is 95.9. The summed E-state index contributed by atoms with van der Waals surface area (Å²) < 4.78 is 5.92. The molecule has 0 radical (unpaired) electrons. The van der Waals surface area contributed by atoms with Crippen molar-refractivity contribution in [3.05, 3.63) is 35.4 Å². The number of amides is 6. The van der Waals surface area contributed by atoms with Crippen molar-refractivity contribution in [3.8, 4) is 0 Å². The molecule has 0 bridgehead atoms. The van der Waals surface area contributed by atoms with Crippen LogP contribution in [0.3, 0.4) is 0 Å². The van der Waals surface area contributed by atoms with Crippen LogP contribution in [0.15, 0.2) is 24.3 Å². The number of carbonyl (C=O) groups is 7. The van der Waals surface area contributed by atoms with E-state index in [1.165, 1.54) is 4.90 Å². The molecule has 2 aliphatic heterocycles. The first-order chi connectivity index (χ1) is 24.5. The van der Waals surface area contributed by atoms with E-state index in [0.29, 0.717) is 19.5 Å². The maximum Gasteiger partial charge on any atom is 0.410 e. The molecule has 0 aromatic heterocycles. The Morgan fingerprint density at radius 1 is 0.942 bits per heavy atom. The number of benzene rings is 1. The molecule has 5 atom stereocenters. The summed E-state index contributed by atoms with van der Waals surface area (Å²) in [6, 6.07) is 2.92. The van der Waals surface area contributed by atoms with E-state index in [-0.39, 0.29) is 42.9 Å². The Kier molecular flexibility index (Phi) is 11.9. The van der Waals surface area contributed by atoms with Gasteiger partial charge in [-0.2, -0.15) is 0 Å². The number of nitrogens with zero attached hydrogens (tertiary/aromatic N) is 2. The van der Waals surface area contributed by atoms with Gasteiger partial charge in [-0.25, -0.2) is 9.59 Å². The predicted octanol–water partition coefficient (Wildman–Crippen LogP) is 2.60. The van der Waals surface area contributed by atoms with Crippen LogP contribution in [0.25, 0.3) is 0 Å². The van der Waals surface area contributed by atoms with Crippen LogP contribution in [0.5, 0.6) is 0 Å². The fourth-order valence-electron chi connectivity index (χ4n) is 7.29. The number of nitrogens with one attached hydrogen (secondary N) is 3. The van der Waals surface area contributed by atoms with Crippen LogP contribution in [0, 0.1) is 23.2 Å². The van der Waals surface area contributed by atoms with E-state index in [1.54, 1.807) is 25.7 Å². The molecular formula is C38H54N6O8. The monoisotopic (exact) mass is 722 g/mol. The van der Waals surface area contributed by atoms with E-state index < -0.39 is 71.3 Å². The smallest absolute Gasteiger partial charge is 0.410 e. The summed E-state index contributed by atoms with van der Waals surface area (Å²) in [7, 11) is 0. The lowest BCUT2D eigenvalue weighted by Crippen LogP contribution is -2.61. The molecular weight excluding hydrogens is 668 g/mol. The van der Waals surface area contributed by atoms with E-state index in [1.807, 2.05) is 38.1 Å². The zero-order chi connectivity index (χ0) is 37.9. The summed E-state index contributed by atoms with van der Waals surface area (Å²) >= 11 is 0. The number of urea groups is 1. The first-order valence-corrected chi connectivity index (χ1v) is 18.6. The Morgan fingerprint density at radius 3 is 2.19 bits per heavy atom. The third-order valence-electron chi connectivity index (χ3n) is 10.8. The predicted molar refractivity (Wildman–Crippen MR) is 190 cm³/mol. The van der Waals surface area contributed by atoms with Crippen LogP contribution >= 0.6 is 0 Å². The second kappa shape index (κ2) is 16.0. The van der Waals surface area contributed by atoms with Gasteiger partial charge in [0.1, 0.15) is 18.2 Å². The number of ether oxygens (including phenoxy) is 1. The van der Waals surface area contributed by atoms with Crippen LogP contribution in [0.1, 0.15) is 90.7 Å². The highest BCUT2D eigenvalue weighted by Crippen LogP contribution is 2.33. The van der Waals surface area contributed by atoms with Crippen LogP contribution in [-0.2, 0) is 41.7 Å². The van der Waals surface area contributed by atoms with Gasteiger partial charge < -0.3 is 36.2 Å². The number of Topliss-reactive ketones (excluding diaryl/α,β-unsaturated/α-hetero) is 2. The third-order valence-corrected chi connectivity index (χ3v) is 10.8. The van der Waals surface area contributed by atoms with Crippen molar-refractivity contribution in [3.63, 3.8) is 0 Å². The zero-order valence-electron chi connectivity index (χ0n) is 30.9. The number of fused-ring (bicyclic) bond motifs is 1. The lowest BCUT2D eigenvalue weighted by Gasteiger charge is -2.36. The van der Waals surface area contributed by atoms with Gasteiger partial charge in [0.2, 0.25) is 17.6 Å². The molecule has 2 heterocycles. The van der Waals surface area contributed by atoms with Gasteiger partial charge in [0.05, 0.1) is 18.6 Å². The Morgan fingerprint density at radius 2 is 1.62 bits per heavy atom. The van der Waals surface area contributed by atoms with E-state index in [2.05, 4.69) is 16.0 Å².